The Morgan fingerprint density at radius 1 is 1.24 bits per heavy atom. The number of hydrogen-bond donors (Lipinski definition) is 1. The number of anilines is 1. The molecule has 3 aromatic heterocycles. The molecule has 10 nitrogen and oxygen atoms in total. The summed E-state index contributed by atoms with van der Waals surface area (Å²) in [6.07, 6.45) is 1.90. The molecule has 168 valence electrons. The first-order valence-electron chi connectivity index (χ1n) is 10.4. The van der Waals surface area contributed by atoms with E-state index in [1.54, 1.807) is 22.7 Å². The van der Waals surface area contributed by atoms with Gasteiger partial charge in [-0.25, -0.2) is 14.2 Å². The number of amides is 1. The molecule has 1 aromatic carbocycles. The lowest BCUT2D eigenvalue weighted by molar-refractivity contribution is 0.200. The first-order valence-corrected chi connectivity index (χ1v) is 10.4. The van der Waals surface area contributed by atoms with Gasteiger partial charge < -0.3 is 19.1 Å². The number of halogens is 1. The third-order valence-corrected chi connectivity index (χ3v) is 6.32. The van der Waals surface area contributed by atoms with E-state index in [0.717, 1.165) is 10.6 Å². The summed E-state index contributed by atoms with van der Waals surface area (Å²) in [7, 11) is 1.88. The molecule has 4 aromatic rings. The van der Waals surface area contributed by atoms with Crippen LogP contribution >= 0.6 is 0 Å². The fraction of sp³-hybridized carbons (Fsp3) is 0.273. The summed E-state index contributed by atoms with van der Waals surface area (Å²) >= 11 is 0. The van der Waals surface area contributed by atoms with E-state index in [-0.39, 0.29) is 30.5 Å². The van der Waals surface area contributed by atoms with Gasteiger partial charge in [0.2, 0.25) is 0 Å². The summed E-state index contributed by atoms with van der Waals surface area (Å²) in [5.74, 6) is 0.980. The molecule has 1 amide bonds. The molecule has 2 aliphatic rings. The second-order valence-electron chi connectivity index (χ2n) is 8.18. The van der Waals surface area contributed by atoms with Crippen LogP contribution < -0.4 is 14.4 Å². The van der Waals surface area contributed by atoms with Gasteiger partial charge in [-0.05, 0) is 25.1 Å². The zero-order chi connectivity index (χ0) is 22.9. The number of imidazole rings is 1. The molecule has 0 spiro atoms. The number of fused-ring (bicyclic) bond motifs is 3. The van der Waals surface area contributed by atoms with Crippen molar-refractivity contribution in [2.24, 2.45) is 7.05 Å². The van der Waals surface area contributed by atoms with Gasteiger partial charge in [-0.15, -0.1) is 10.2 Å². The lowest BCUT2D eigenvalue weighted by atomic mass is 9.95. The summed E-state index contributed by atoms with van der Waals surface area (Å²) in [5.41, 5.74) is 2.92. The molecule has 0 saturated carbocycles. The van der Waals surface area contributed by atoms with Gasteiger partial charge in [-0.2, -0.15) is 0 Å². The molecule has 1 atom stereocenters. The molecule has 5 heterocycles. The Labute approximate surface area is 186 Å². The Balaban J connectivity index is 1.62. The topological polar surface area (TPSA) is 107 Å². The van der Waals surface area contributed by atoms with Crippen molar-refractivity contribution in [3.63, 3.8) is 0 Å². The van der Waals surface area contributed by atoms with Crippen molar-refractivity contribution in [3.8, 4) is 22.9 Å². The van der Waals surface area contributed by atoms with Crippen LogP contribution in [-0.4, -0.2) is 48.6 Å². The van der Waals surface area contributed by atoms with Gasteiger partial charge in [0.15, 0.2) is 17.2 Å². The highest BCUT2D eigenvalue weighted by Crippen LogP contribution is 2.43. The molecular weight excluding hydrogens is 431 g/mol. The number of pyridine rings is 1. The Kier molecular flexibility index (Phi) is 4.10. The molecular formula is C22H19FN6O4. The standard InChI is InChI=1S/C22H19FN6O4/c1-11-6-24-19(27(11)2)13-5-17-21(29-10-25-26-20(13)29)28(22(30)31)7-14-15(23)3-4-16-18(14)12(8-32-16)9-33-17/h3-6,10,12H,7-9H2,1-2H3,(H,30,31)/t12-/m0/s1. The van der Waals surface area contributed by atoms with Gasteiger partial charge in [0.05, 0.1) is 31.2 Å². The monoisotopic (exact) mass is 450 g/mol. The molecule has 6 rings (SSSR count). The lowest BCUT2D eigenvalue weighted by Gasteiger charge is -2.23. The maximum Gasteiger partial charge on any atom is 0.413 e. The van der Waals surface area contributed by atoms with E-state index < -0.39 is 11.9 Å². The number of nitrogens with zero attached hydrogens (tertiary/aromatic N) is 6. The van der Waals surface area contributed by atoms with Crippen LogP contribution in [-0.2, 0) is 13.6 Å². The lowest BCUT2D eigenvalue weighted by Crippen LogP contribution is -2.31. The second-order valence-corrected chi connectivity index (χ2v) is 8.18. The summed E-state index contributed by atoms with van der Waals surface area (Å²) in [5, 5.41) is 18.4. The van der Waals surface area contributed by atoms with Gasteiger partial charge in [0, 0.05) is 30.1 Å². The number of benzene rings is 1. The normalized spacial score (nSPS) is 16.9. The third-order valence-electron chi connectivity index (χ3n) is 6.32. The molecule has 0 unspecified atom stereocenters. The van der Waals surface area contributed by atoms with E-state index in [1.165, 1.54) is 12.4 Å². The number of ether oxygens (including phenoxy) is 2. The van der Waals surface area contributed by atoms with Crippen molar-refractivity contribution in [1.29, 1.82) is 0 Å². The Morgan fingerprint density at radius 3 is 2.76 bits per heavy atom. The Bertz CT molecular complexity index is 1440. The molecule has 11 heteroatoms. The highest BCUT2D eigenvalue weighted by molar-refractivity contribution is 5.90. The van der Waals surface area contributed by atoms with Crippen LogP contribution in [0.3, 0.4) is 0 Å². The summed E-state index contributed by atoms with van der Waals surface area (Å²) in [4.78, 5) is 18.0. The zero-order valence-corrected chi connectivity index (χ0v) is 17.8. The largest absolute Gasteiger partial charge is 0.493 e. The average molecular weight is 450 g/mol. The summed E-state index contributed by atoms with van der Waals surface area (Å²) < 4.78 is 30.3. The van der Waals surface area contributed by atoms with Gasteiger partial charge in [-0.1, -0.05) is 0 Å². The van der Waals surface area contributed by atoms with E-state index >= 15 is 0 Å². The maximum absolute atomic E-state index is 14.9. The van der Waals surface area contributed by atoms with E-state index in [1.807, 2.05) is 18.5 Å². The van der Waals surface area contributed by atoms with Crippen LogP contribution in [0.15, 0.2) is 30.7 Å². The molecule has 0 bridgehead atoms. The molecule has 33 heavy (non-hydrogen) atoms. The van der Waals surface area contributed by atoms with Crippen molar-refractivity contribution >= 4 is 17.6 Å². The van der Waals surface area contributed by atoms with Crippen molar-refractivity contribution in [2.75, 3.05) is 18.1 Å². The van der Waals surface area contributed by atoms with Crippen LogP contribution in [0.1, 0.15) is 22.7 Å². The van der Waals surface area contributed by atoms with Gasteiger partial charge >= 0.3 is 6.09 Å². The first-order chi connectivity index (χ1) is 15.9. The number of carbonyl (C=O) groups is 1. The fourth-order valence-corrected chi connectivity index (χ4v) is 4.57. The van der Waals surface area contributed by atoms with Gasteiger partial charge in [0.1, 0.15) is 23.7 Å². The quantitative estimate of drug-likeness (QED) is 0.475. The molecule has 1 N–H and O–H groups in total. The van der Waals surface area contributed by atoms with Crippen LogP contribution in [0.4, 0.5) is 15.0 Å². The molecule has 0 radical (unpaired) electrons. The SMILES string of the molecule is Cc1cnc(-c2cc3c(n4cnnc24)N(C(=O)O)Cc2c(F)ccc4c2[C@@H](CO4)CO3)n1C. The third kappa shape index (κ3) is 2.78. The predicted molar refractivity (Wildman–Crippen MR) is 114 cm³/mol. The average Bonchev–Trinajstić information content (AvgIpc) is 3.51. The van der Waals surface area contributed by atoms with Crippen LogP contribution in [0.2, 0.25) is 0 Å². The Morgan fingerprint density at radius 2 is 2.03 bits per heavy atom. The minimum Gasteiger partial charge on any atom is -0.493 e. The molecule has 2 aliphatic heterocycles. The highest BCUT2D eigenvalue weighted by atomic mass is 19.1. The number of aromatic nitrogens is 5. The van der Waals surface area contributed by atoms with Crippen LogP contribution in [0.25, 0.3) is 17.0 Å². The number of carboxylic acid groups (broad SMARTS) is 1. The minimum atomic E-state index is -1.26. The van der Waals surface area contributed by atoms with Crippen molar-refractivity contribution < 1.29 is 23.8 Å². The van der Waals surface area contributed by atoms with Crippen molar-refractivity contribution in [2.45, 2.75) is 19.4 Å². The Hall–Kier alpha value is -4.15. The van der Waals surface area contributed by atoms with Gasteiger partial charge in [0.25, 0.3) is 0 Å². The van der Waals surface area contributed by atoms with Crippen LogP contribution in [0, 0.1) is 12.7 Å². The smallest absolute Gasteiger partial charge is 0.413 e. The van der Waals surface area contributed by atoms with Crippen LogP contribution in [0.5, 0.6) is 11.5 Å². The number of hydrogen-bond acceptors (Lipinski definition) is 6. The maximum atomic E-state index is 14.9. The first kappa shape index (κ1) is 19.5. The van der Waals surface area contributed by atoms with E-state index in [2.05, 4.69) is 15.2 Å². The molecule has 0 aliphatic carbocycles. The van der Waals surface area contributed by atoms with E-state index in [4.69, 9.17) is 9.47 Å². The van der Waals surface area contributed by atoms with Gasteiger partial charge in [-0.3, -0.25) is 9.30 Å². The fourth-order valence-electron chi connectivity index (χ4n) is 4.57. The number of aryl methyl sites for hydroxylation is 1. The van der Waals surface area contributed by atoms with Crippen molar-refractivity contribution in [1.82, 2.24) is 24.1 Å². The summed E-state index contributed by atoms with van der Waals surface area (Å²) in [6.45, 7) is 2.24. The minimum absolute atomic E-state index is 0.191. The van der Waals surface area contributed by atoms with E-state index in [9.17, 15) is 14.3 Å². The molecule has 0 saturated heterocycles. The summed E-state index contributed by atoms with van der Waals surface area (Å²) in [6, 6.07) is 4.60. The predicted octanol–water partition coefficient (Wildman–Crippen LogP) is 3.13. The highest BCUT2D eigenvalue weighted by Gasteiger charge is 2.35. The molecule has 0 fully saturated rings. The van der Waals surface area contributed by atoms with Crippen molar-refractivity contribution in [3.05, 3.63) is 53.4 Å². The zero-order valence-electron chi connectivity index (χ0n) is 17.8. The number of rotatable bonds is 1. The second kappa shape index (κ2) is 6.92. The van der Waals surface area contributed by atoms with E-state index in [0.29, 0.717) is 40.7 Å².